The Bertz CT molecular complexity index is 706. The van der Waals surface area contributed by atoms with Gasteiger partial charge in [-0.2, -0.15) is 0 Å². The summed E-state index contributed by atoms with van der Waals surface area (Å²) in [4.78, 5) is 10.5. The van der Waals surface area contributed by atoms with Gasteiger partial charge in [0.1, 0.15) is 0 Å². The highest BCUT2D eigenvalue weighted by atomic mass is 35.5. The lowest BCUT2D eigenvalue weighted by molar-refractivity contribution is -0.385. The van der Waals surface area contributed by atoms with Gasteiger partial charge in [-0.15, -0.1) is 0 Å². The molecule has 2 aromatic rings. The predicted octanol–water partition coefficient (Wildman–Crippen LogP) is 4.37. The standard InChI is InChI=1S/C14H12ClN3O2S/c1-9-12(6-3-7-13(9)18(19)20)17-14(21)16-11-5-2-4-10(15)8-11/h2-8H,1H3,(H2,16,17,21). The Balaban J connectivity index is 2.13. The van der Waals surface area contributed by atoms with Crippen molar-refractivity contribution < 1.29 is 4.92 Å². The number of halogens is 1. The third kappa shape index (κ3) is 3.90. The maximum absolute atomic E-state index is 10.9. The molecule has 0 fully saturated rings. The van der Waals surface area contributed by atoms with Gasteiger partial charge in [0, 0.05) is 16.8 Å². The number of nitrogens with zero attached hydrogens (tertiary/aromatic N) is 1. The molecular formula is C14H12ClN3O2S. The molecule has 21 heavy (non-hydrogen) atoms. The van der Waals surface area contributed by atoms with Crippen LogP contribution in [0.1, 0.15) is 5.56 Å². The van der Waals surface area contributed by atoms with Gasteiger partial charge in [-0.05, 0) is 43.4 Å². The van der Waals surface area contributed by atoms with E-state index in [0.29, 0.717) is 21.4 Å². The summed E-state index contributed by atoms with van der Waals surface area (Å²) in [6.07, 6.45) is 0. The second-order valence-electron chi connectivity index (χ2n) is 4.30. The molecule has 0 heterocycles. The van der Waals surface area contributed by atoms with Gasteiger partial charge in [-0.3, -0.25) is 10.1 Å². The van der Waals surface area contributed by atoms with Crippen molar-refractivity contribution >= 4 is 46.0 Å². The van der Waals surface area contributed by atoms with Crippen LogP contribution in [0.3, 0.4) is 0 Å². The van der Waals surface area contributed by atoms with Crippen molar-refractivity contribution in [2.45, 2.75) is 6.92 Å². The number of rotatable bonds is 3. The molecular weight excluding hydrogens is 310 g/mol. The number of nitro groups is 1. The van der Waals surface area contributed by atoms with Gasteiger partial charge in [-0.25, -0.2) is 0 Å². The first-order valence-corrected chi connectivity index (χ1v) is 6.83. The summed E-state index contributed by atoms with van der Waals surface area (Å²) in [6, 6.07) is 11.9. The summed E-state index contributed by atoms with van der Waals surface area (Å²) in [5, 5.41) is 17.7. The number of nitro benzene ring substituents is 1. The van der Waals surface area contributed by atoms with Crippen molar-refractivity contribution in [3.8, 4) is 0 Å². The van der Waals surface area contributed by atoms with Gasteiger partial charge in [0.2, 0.25) is 0 Å². The third-order valence-corrected chi connectivity index (χ3v) is 3.27. The highest BCUT2D eigenvalue weighted by molar-refractivity contribution is 7.80. The van der Waals surface area contributed by atoms with E-state index in [2.05, 4.69) is 10.6 Å². The summed E-state index contributed by atoms with van der Waals surface area (Å²) in [5.41, 5.74) is 1.90. The van der Waals surface area contributed by atoms with Crippen molar-refractivity contribution in [2.24, 2.45) is 0 Å². The Morgan fingerprint density at radius 1 is 1.24 bits per heavy atom. The van der Waals surface area contributed by atoms with Gasteiger partial charge < -0.3 is 10.6 Å². The molecule has 0 spiro atoms. The minimum Gasteiger partial charge on any atom is -0.332 e. The van der Waals surface area contributed by atoms with E-state index < -0.39 is 4.92 Å². The Morgan fingerprint density at radius 3 is 2.62 bits per heavy atom. The Hall–Kier alpha value is -2.18. The molecule has 2 aromatic carbocycles. The van der Waals surface area contributed by atoms with E-state index in [0.717, 1.165) is 5.69 Å². The molecule has 0 saturated carbocycles. The molecule has 0 saturated heterocycles. The third-order valence-electron chi connectivity index (χ3n) is 2.83. The summed E-state index contributed by atoms with van der Waals surface area (Å²) in [6.45, 7) is 1.67. The van der Waals surface area contributed by atoms with Gasteiger partial charge in [-0.1, -0.05) is 23.7 Å². The SMILES string of the molecule is Cc1c(NC(=S)Nc2cccc(Cl)c2)cccc1[N+](=O)[O-]. The molecule has 0 aliphatic rings. The molecule has 2 N–H and O–H groups in total. The smallest absolute Gasteiger partial charge is 0.274 e. The van der Waals surface area contributed by atoms with Crippen molar-refractivity contribution in [1.82, 2.24) is 0 Å². The summed E-state index contributed by atoms with van der Waals surface area (Å²) >= 11 is 11.1. The van der Waals surface area contributed by atoms with E-state index in [4.69, 9.17) is 23.8 Å². The number of hydrogen-bond donors (Lipinski definition) is 2. The summed E-state index contributed by atoms with van der Waals surface area (Å²) in [7, 11) is 0. The highest BCUT2D eigenvalue weighted by Gasteiger charge is 2.13. The normalized spacial score (nSPS) is 10.0. The van der Waals surface area contributed by atoms with Crippen LogP contribution in [0.25, 0.3) is 0 Å². The molecule has 0 atom stereocenters. The number of thiocarbonyl (C=S) groups is 1. The minimum atomic E-state index is -0.423. The topological polar surface area (TPSA) is 67.2 Å². The van der Waals surface area contributed by atoms with Gasteiger partial charge in [0.05, 0.1) is 16.2 Å². The van der Waals surface area contributed by atoms with E-state index in [1.165, 1.54) is 6.07 Å². The molecule has 0 aliphatic carbocycles. The van der Waals surface area contributed by atoms with Crippen molar-refractivity contribution in [3.05, 3.63) is 63.2 Å². The lowest BCUT2D eigenvalue weighted by Crippen LogP contribution is -2.19. The zero-order valence-electron chi connectivity index (χ0n) is 11.1. The summed E-state index contributed by atoms with van der Waals surface area (Å²) < 4.78 is 0. The second kappa shape index (κ2) is 6.51. The molecule has 0 radical (unpaired) electrons. The molecule has 7 heteroatoms. The fourth-order valence-corrected chi connectivity index (χ4v) is 2.23. The lowest BCUT2D eigenvalue weighted by atomic mass is 10.1. The Labute approximate surface area is 132 Å². The monoisotopic (exact) mass is 321 g/mol. The predicted molar refractivity (Wildman–Crippen MR) is 89.1 cm³/mol. The van der Waals surface area contributed by atoms with Crippen molar-refractivity contribution in [1.29, 1.82) is 0 Å². The molecule has 108 valence electrons. The first-order chi connectivity index (χ1) is 9.97. The first-order valence-electron chi connectivity index (χ1n) is 6.05. The summed E-state index contributed by atoms with van der Waals surface area (Å²) in [5.74, 6) is 0. The largest absolute Gasteiger partial charge is 0.332 e. The second-order valence-corrected chi connectivity index (χ2v) is 5.14. The average Bonchev–Trinajstić information content (AvgIpc) is 2.40. The van der Waals surface area contributed by atoms with Gasteiger partial charge in [0.25, 0.3) is 5.69 Å². The van der Waals surface area contributed by atoms with Crippen molar-refractivity contribution in [3.63, 3.8) is 0 Å². The first kappa shape index (κ1) is 15.2. The van der Waals surface area contributed by atoms with E-state index >= 15 is 0 Å². The van der Waals surface area contributed by atoms with E-state index in [1.807, 2.05) is 6.07 Å². The molecule has 0 bridgehead atoms. The molecule has 5 nitrogen and oxygen atoms in total. The highest BCUT2D eigenvalue weighted by Crippen LogP contribution is 2.25. The molecule has 0 amide bonds. The zero-order valence-corrected chi connectivity index (χ0v) is 12.7. The maximum Gasteiger partial charge on any atom is 0.274 e. The fourth-order valence-electron chi connectivity index (χ4n) is 1.81. The van der Waals surface area contributed by atoms with Crippen LogP contribution in [0.5, 0.6) is 0 Å². The van der Waals surface area contributed by atoms with E-state index in [9.17, 15) is 10.1 Å². The van der Waals surface area contributed by atoms with Crippen LogP contribution in [0.4, 0.5) is 17.1 Å². The quantitative estimate of drug-likeness (QED) is 0.499. The van der Waals surface area contributed by atoms with Gasteiger partial charge in [0.15, 0.2) is 5.11 Å². The number of nitrogens with one attached hydrogen (secondary N) is 2. The zero-order chi connectivity index (χ0) is 15.4. The van der Waals surface area contributed by atoms with Crippen LogP contribution < -0.4 is 10.6 Å². The number of hydrogen-bond acceptors (Lipinski definition) is 3. The molecule has 0 aromatic heterocycles. The van der Waals surface area contributed by atoms with Crippen LogP contribution >= 0.6 is 23.8 Å². The van der Waals surface area contributed by atoms with Crippen LogP contribution in [0, 0.1) is 17.0 Å². The maximum atomic E-state index is 10.9. The number of anilines is 2. The van der Waals surface area contributed by atoms with Crippen LogP contribution in [0.15, 0.2) is 42.5 Å². The van der Waals surface area contributed by atoms with Crippen LogP contribution in [-0.4, -0.2) is 10.0 Å². The minimum absolute atomic E-state index is 0.0468. The van der Waals surface area contributed by atoms with E-state index in [1.54, 1.807) is 37.3 Å². The van der Waals surface area contributed by atoms with Crippen molar-refractivity contribution in [2.75, 3.05) is 10.6 Å². The Kier molecular flexibility index (Phi) is 4.72. The Morgan fingerprint density at radius 2 is 1.95 bits per heavy atom. The number of benzene rings is 2. The molecule has 2 rings (SSSR count). The van der Waals surface area contributed by atoms with Crippen LogP contribution in [0.2, 0.25) is 5.02 Å². The molecule has 0 aliphatic heterocycles. The lowest BCUT2D eigenvalue weighted by Gasteiger charge is -2.12. The van der Waals surface area contributed by atoms with E-state index in [-0.39, 0.29) is 5.69 Å². The average molecular weight is 322 g/mol. The van der Waals surface area contributed by atoms with Crippen LogP contribution in [-0.2, 0) is 0 Å². The van der Waals surface area contributed by atoms with Gasteiger partial charge >= 0.3 is 0 Å². The molecule has 0 unspecified atom stereocenters. The fraction of sp³-hybridized carbons (Fsp3) is 0.0714.